The Morgan fingerprint density at radius 2 is 1.87 bits per heavy atom. The zero-order valence-electron chi connectivity index (χ0n) is 16.5. The summed E-state index contributed by atoms with van der Waals surface area (Å²) in [6.45, 7) is 3.08. The van der Waals surface area contributed by atoms with Crippen molar-refractivity contribution in [2.75, 3.05) is 18.4 Å². The molecule has 1 amide bonds. The van der Waals surface area contributed by atoms with Gasteiger partial charge in [0, 0.05) is 24.8 Å². The molecule has 7 nitrogen and oxygen atoms in total. The van der Waals surface area contributed by atoms with Crippen LogP contribution in [0.15, 0.2) is 68.7 Å². The smallest absolute Gasteiger partial charge is 0.291 e. The number of hydrogen-bond acceptors (Lipinski definition) is 5. The van der Waals surface area contributed by atoms with Crippen LogP contribution in [0, 0.1) is 5.92 Å². The van der Waals surface area contributed by atoms with Crippen molar-refractivity contribution in [2.45, 2.75) is 24.7 Å². The lowest BCUT2D eigenvalue weighted by Crippen LogP contribution is -2.39. The van der Waals surface area contributed by atoms with E-state index < -0.39 is 15.9 Å². The van der Waals surface area contributed by atoms with Crippen LogP contribution in [0.1, 0.15) is 30.3 Å². The van der Waals surface area contributed by atoms with E-state index in [1.54, 1.807) is 24.3 Å². The van der Waals surface area contributed by atoms with Crippen LogP contribution in [0.4, 0.5) is 5.69 Å². The van der Waals surface area contributed by atoms with Gasteiger partial charge < -0.3 is 9.73 Å². The van der Waals surface area contributed by atoms with Gasteiger partial charge in [-0.05, 0) is 55.2 Å². The number of amides is 1. The maximum Gasteiger partial charge on any atom is 0.291 e. The molecule has 1 aliphatic rings. The van der Waals surface area contributed by atoms with Crippen molar-refractivity contribution in [3.05, 3.63) is 70.6 Å². The predicted octanol–water partition coefficient (Wildman–Crippen LogP) is 3.47. The molecule has 1 aliphatic heterocycles. The standard InChI is InChI=1S/C22H22N2O5S/c1-15-5-4-12-24(14-15)30(27,28)17-10-8-16(9-11-17)23-22(26)21-13-19(25)18-6-2-3-7-20(18)29-21/h2-3,6-11,13,15H,4-5,12,14H2,1H3,(H,23,26)/t15-/m1/s1. The van der Waals surface area contributed by atoms with Crippen molar-refractivity contribution in [3.63, 3.8) is 0 Å². The number of nitrogens with zero attached hydrogens (tertiary/aromatic N) is 1. The molecule has 1 saturated heterocycles. The van der Waals surface area contributed by atoms with Crippen LogP contribution < -0.4 is 10.7 Å². The van der Waals surface area contributed by atoms with Gasteiger partial charge in [0.25, 0.3) is 5.91 Å². The van der Waals surface area contributed by atoms with Crippen molar-refractivity contribution < 1.29 is 17.6 Å². The first-order valence-corrected chi connectivity index (χ1v) is 11.2. The summed E-state index contributed by atoms with van der Waals surface area (Å²) in [5, 5.41) is 3.03. The molecule has 1 aromatic heterocycles. The van der Waals surface area contributed by atoms with E-state index >= 15 is 0 Å². The minimum atomic E-state index is -3.56. The molecular formula is C22H22N2O5S. The Bertz CT molecular complexity index is 1250. The number of hydrogen-bond donors (Lipinski definition) is 1. The fraction of sp³-hybridized carbons (Fsp3) is 0.273. The number of rotatable bonds is 4. The lowest BCUT2D eigenvalue weighted by atomic mass is 10.0. The molecule has 2 heterocycles. The molecule has 1 N–H and O–H groups in total. The van der Waals surface area contributed by atoms with Crippen molar-refractivity contribution in [1.82, 2.24) is 4.31 Å². The first-order valence-electron chi connectivity index (χ1n) is 9.79. The zero-order valence-corrected chi connectivity index (χ0v) is 17.3. The highest BCUT2D eigenvalue weighted by Gasteiger charge is 2.28. The number of benzene rings is 2. The quantitative estimate of drug-likeness (QED) is 0.689. The van der Waals surface area contributed by atoms with Crippen molar-refractivity contribution in [3.8, 4) is 0 Å². The van der Waals surface area contributed by atoms with Crippen LogP contribution in [0.2, 0.25) is 0 Å². The zero-order chi connectivity index (χ0) is 21.3. The average molecular weight is 426 g/mol. The minimum absolute atomic E-state index is 0.113. The highest BCUT2D eigenvalue weighted by molar-refractivity contribution is 7.89. The van der Waals surface area contributed by atoms with Gasteiger partial charge in [-0.15, -0.1) is 0 Å². The molecule has 0 bridgehead atoms. The first-order chi connectivity index (χ1) is 14.3. The Morgan fingerprint density at radius 1 is 1.13 bits per heavy atom. The van der Waals surface area contributed by atoms with Crippen LogP contribution in [0.3, 0.4) is 0 Å². The SMILES string of the molecule is C[C@@H]1CCCN(S(=O)(=O)c2ccc(NC(=O)c3cc(=O)c4ccccc4o3)cc2)C1. The summed E-state index contributed by atoms with van der Waals surface area (Å²) in [5.41, 5.74) is 0.424. The highest BCUT2D eigenvalue weighted by atomic mass is 32.2. The third-order valence-electron chi connectivity index (χ3n) is 5.23. The van der Waals surface area contributed by atoms with Gasteiger partial charge in [0.05, 0.1) is 10.3 Å². The summed E-state index contributed by atoms with van der Waals surface area (Å²) < 4.78 is 32.7. The maximum absolute atomic E-state index is 12.8. The summed E-state index contributed by atoms with van der Waals surface area (Å²) in [4.78, 5) is 24.9. The number of nitrogens with one attached hydrogen (secondary N) is 1. The van der Waals surface area contributed by atoms with Crippen LogP contribution >= 0.6 is 0 Å². The number of carbonyl (C=O) groups excluding carboxylic acids is 1. The molecule has 8 heteroatoms. The predicted molar refractivity (Wildman–Crippen MR) is 114 cm³/mol. The Morgan fingerprint density at radius 3 is 2.60 bits per heavy atom. The summed E-state index contributed by atoms with van der Waals surface area (Å²) in [7, 11) is -3.56. The number of fused-ring (bicyclic) bond motifs is 1. The molecule has 0 unspecified atom stereocenters. The molecule has 156 valence electrons. The lowest BCUT2D eigenvalue weighted by molar-refractivity contribution is 0.0997. The van der Waals surface area contributed by atoms with Crippen molar-refractivity contribution >= 4 is 32.6 Å². The van der Waals surface area contributed by atoms with Gasteiger partial charge in [0.15, 0.2) is 11.2 Å². The van der Waals surface area contributed by atoms with E-state index in [0.717, 1.165) is 18.9 Å². The molecule has 30 heavy (non-hydrogen) atoms. The molecule has 1 atom stereocenters. The number of carbonyl (C=O) groups is 1. The monoisotopic (exact) mass is 426 g/mol. The molecule has 4 rings (SSSR count). The second kappa shape index (κ2) is 8.04. The maximum atomic E-state index is 12.8. The number of piperidine rings is 1. The van der Waals surface area contributed by atoms with Crippen LogP contribution in [-0.2, 0) is 10.0 Å². The minimum Gasteiger partial charge on any atom is -0.451 e. The fourth-order valence-corrected chi connectivity index (χ4v) is 5.23. The Hall–Kier alpha value is -2.97. The van der Waals surface area contributed by atoms with Crippen LogP contribution in [0.5, 0.6) is 0 Å². The van der Waals surface area contributed by atoms with Crippen LogP contribution in [0.25, 0.3) is 11.0 Å². The largest absolute Gasteiger partial charge is 0.451 e. The summed E-state index contributed by atoms with van der Waals surface area (Å²) in [5.74, 6) is -0.361. The van der Waals surface area contributed by atoms with Crippen molar-refractivity contribution in [1.29, 1.82) is 0 Å². The molecular weight excluding hydrogens is 404 g/mol. The topological polar surface area (TPSA) is 96.7 Å². The molecule has 0 spiro atoms. The van der Waals surface area contributed by atoms with Gasteiger partial charge in [-0.3, -0.25) is 9.59 Å². The Kier molecular flexibility index (Phi) is 5.44. The van der Waals surface area contributed by atoms with Gasteiger partial charge >= 0.3 is 0 Å². The first kappa shape index (κ1) is 20.3. The van der Waals surface area contributed by atoms with Crippen LogP contribution in [-0.4, -0.2) is 31.7 Å². The van der Waals surface area contributed by atoms with Crippen molar-refractivity contribution in [2.24, 2.45) is 5.92 Å². The molecule has 0 aliphatic carbocycles. The van der Waals surface area contributed by atoms with E-state index in [1.165, 1.54) is 28.6 Å². The second-order valence-corrected chi connectivity index (χ2v) is 9.50. The van der Waals surface area contributed by atoms with E-state index in [0.29, 0.717) is 35.7 Å². The molecule has 2 aromatic carbocycles. The molecule has 3 aromatic rings. The Balaban J connectivity index is 1.52. The normalized spacial score (nSPS) is 17.7. The van der Waals surface area contributed by atoms with Gasteiger partial charge in [-0.1, -0.05) is 19.1 Å². The Labute approximate surface area is 174 Å². The third-order valence-corrected chi connectivity index (χ3v) is 7.11. The van der Waals surface area contributed by atoms with E-state index in [1.807, 2.05) is 6.92 Å². The highest BCUT2D eigenvalue weighted by Crippen LogP contribution is 2.24. The summed E-state index contributed by atoms with van der Waals surface area (Å²) >= 11 is 0. The third kappa shape index (κ3) is 4.01. The number of para-hydroxylation sites is 1. The number of sulfonamides is 1. The molecule has 0 radical (unpaired) electrons. The summed E-state index contributed by atoms with van der Waals surface area (Å²) in [6.07, 6.45) is 1.88. The van der Waals surface area contributed by atoms with E-state index in [-0.39, 0.29) is 16.1 Å². The van der Waals surface area contributed by atoms with Gasteiger partial charge in [-0.2, -0.15) is 4.31 Å². The molecule has 1 fully saturated rings. The van der Waals surface area contributed by atoms with E-state index in [9.17, 15) is 18.0 Å². The summed E-state index contributed by atoms with van der Waals surface area (Å²) in [6, 6.07) is 13.8. The lowest BCUT2D eigenvalue weighted by Gasteiger charge is -2.30. The van der Waals surface area contributed by atoms with Gasteiger partial charge in [0.1, 0.15) is 5.58 Å². The number of anilines is 1. The average Bonchev–Trinajstić information content (AvgIpc) is 2.74. The second-order valence-electron chi connectivity index (χ2n) is 7.56. The van der Waals surface area contributed by atoms with Gasteiger partial charge in [-0.25, -0.2) is 8.42 Å². The van der Waals surface area contributed by atoms with Gasteiger partial charge in [0.2, 0.25) is 10.0 Å². The molecule has 0 saturated carbocycles. The van der Waals surface area contributed by atoms with E-state index in [2.05, 4.69) is 5.32 Å². The fourth-order valence-electron chi connectivity index (χ4n) is 3.63. The van der Waals surface area contributed by atoms with E-state index in [4.69, 9.17) is 4.42 Å².